The molecule has 1 aliphatic carbocycles. The molecule has 0 amide bonds. The van der Waals surface area contributed by atoms with Crippen molar-refractivity contribution in [3.63, 3.8) is 0 Å². The van der Waals surface area contributed by atoms with Gasteiger partial charge in [0.25, 0.3) is 0 Å². The summed E-state index contributed by atoms with van der Waals surface area (Å²) in [6.45, 7) is 24.3. The molecule has 0 saturated heterocycles. The molecule has 0 spiro atoms. The Labute approximate surface area is 262 Å². The van der Waals surface area contributed by atoms with E-state index in [4.69, 9.17) is 14.2 Å². The van der Waals surface area contributed by atoms with Crippen molar-refractivity contribution < 1.29 is 23.8 Å². The number of hydrogen-bond donors (Lipinski definition) is 0. The highest BCUT2D eigenvalue weighted by Gasteiger charge is 2.31. The molecule has 10 nitrogen and oxygen atoms in total. The SMILES string of the molecule is CCOc1cnc2c(n1)C(C(=O)C(C)(C)C)=CC2.CCOc1cnc2c(n1)c(C(=O)C(C)(C)C)cn2COCC[Si](C)(C)C. The molecule has 240 valence electrons. The van der Waals surface area contributed by atoms with Crippen LogP contribution in [-0.2, 0) is 22.7 Å². The second-order valence-corrected chi connectivity index (χ2v) is 19.7. The molecule has 0 aliphatic heterocycles. The number of hydrogen-bond acceptors (Lipinski definition) is 9. The highest BCUT2D eigenvalue weighted by molar-refractivity contribution is 6.76. The normalized spacial score (nSPS) is 13.2. The van der Waals surface area contributed by atoms with Gasteiger partial charge in [-0.15, -0.1) is 0 Å². The number of nitrogens with zero attached hydrogens (tertiary/aromatic N) is 5. The van der Waals surface area contributed by atoms with Crippen LogP contribution in [0.25, 0.3) is 16.7 Å². The average Bonchev–Trinajstić information content (AvgIpc) is 3.50. The lowest BCUT2D eigenvalue weighted by Crippen LogP contribution is -2.22. The van der Waals surface area contributed by atoms with Crippen molar-refractivity contribution in [2.45, 2.75) is 94.2 Å². The van der Waals surface area contributed by atoms with Crippen LogP contribution in [0.1, 0.15) is 77.1 Å². The van der Waals surface area contributed by atoms with Crippen LogP contribution in [0.2, 0.25) is 25.7 Å². The summed E-state index contributed by atoms with van der Waals surface area (Å²) in [6, 6.07) is 1.10. The number of ketones is 2. The van der Waals surface area contributed by atoms with Gasteiger partial charge in [-0.05, 0) is 19.9 Å². The van der Waals surface area contributed by atoms with Crippen LogP contribution in [-0.4, -0.2) is 64.0 Å². The Morgan fingerprint density at radius 1 is 0.886 bits per heavy atom. The average molecular weight is 624 g/mol. The summed E-state index contributed by atoms with van der Waals surface area (Å²) >= 11 is 0. The number of rotatable bonds is 11. The van der Waals surface area contributed by atoms with Crippen molar-refractivity contribution in [3.8, 4) is 11.8 Å². The van der Waals surface area contributed by atoms with Gasteiger partial charge in [-0.1, -0.05) is 67.3 Å². The fourth-order valence-electron chi connectivity index (χ4n) is 4.34. The Morgan fingerprint density at radius 3 is 2.05 bits per heavy atom. The first-order valence-corrected chi connectivity index (χ1v) is 19.0. The van der Waals surface area contributed by atoms with E-state index in [1.165, 1.54) is 0 Å². The fraction of sp³-hybridized carbons (Fsp3) is 0.576. The van der Waals surface area contributed by atoms with E-state index in [1.54, 1.807) is 12.4 Å². The van der Waals surface area contributed by atoms with Crippen LogP contribution in [0.4, 0.5) is 0 Å². The molecule has 3 heterocycles. The second-order valence-electron chi connectivity index (χ2n) is 14.1. The van der Waals surface area contributed by atoms with Crippen LogP contribution in [0, 0.1) is 10.8 Å². The third-order valence-corrected chi connectivity index (χ3v) is 8.49. The smallest absolute Gasteiger partial charge is 0.233 e. The molecular formula is C33H49N5O5Si. The third kappa shape index (κ3) is 9.04. The fourth-order valence-corrected chi connectivity index (χ4v) is 5.10. The predicted octanol–water partition coefficient (Wildman–Crippen LogP) is 6.80. The molecule has 0 bridgehead atoms. The van der Waals surface area contributed by atoms with E-state index in [0.29, 0.717) is 72.7 Å². The minimum Gasteiger partial charge on any atom is -0.477 e. The number of carbonyl (C=O) groups is 2. The van der Waals surface area contributed by atoms with Crippen molar-refractivity contribution >= 4 is 36.4 Å². The van der Waals surface area contributed by atoms with Gasteiger partial charge >= 0.3 is 0 Å². The number of carbonyl (C=O) groups excluding carboxylic acids is 2. The Bertz CT molecular complexity index is 1510. The first-order chi connectivity index (χ1) is 20.5. The van der Waals surface area contributed by atoms with Gasteiger partial charge in [0.05, 0.1) is 42.6 Å². The molecule has 0 fully saturated rings. The van der Waals surface area contributed by atoms with Crippen molar-refractivity contribution in [2.75, 3.05) is 19.8 Å². The lowest BCUT2D eigenvalue weighted by Gasteiger charge is -2.17. The molecule has 0 saturated carbocycles. The lowest BCUT2D eigenvalue weighted by atomic mass is 9.86. The van der Waals surface area contributed by atoms with Gasteiger partial charge in [-0.3, -0.25) is 14.6 Å². The van der Waals surface area contributed by atoms with Crippen LogP contribution in [0.5, 0.6) is 11.8 Å². The zero-order valence-corrected chi connectivity index (χ0v) is 29.3. The molecule has 0 radical (unpaired) electrons. The van der Waals surface area contributed by atoms with Crippen molar-refractivity contribution in [1.82, 2.24) is 24.5 Å². The monoisotopic (exact) mass is 623 g/mol. The highest BCUT2D eigenvalue weighted by Crippen LogP contribution is 2.32. The molecule has 11 heteroatoms. The Kier molecular flexibility index (Phi) is 11.2. The molecule has 0 atom stereocenters. The first kappa shape index (κ1) is 35.0. The van der Waals surface area contributed by atoms with Crippen molar-refractivity contribution in [2.24, 2.45) is 10.8 Å². The molecule has 3 aromatic rings. The minimum atomic E-state index is -1.14. The largest absolute Gasteiger partial charge is 0.477 e. The standard InChI is InChI=1S/C19H31N3O3Si.C14H18N2O2/c1-8-25-15-11-20-18-16(21-15)14(17(23)19(2,3)4)12-22(18)13-24-9-10-26(5,6)7;1-5-18-11-8-15-10-7-6-9(12(10)16-11)13(17)14(2,3)4/h11-12H,8-10,13H2,1-7H3;6,8H,5,7H2,1-4H3. The molecule has 0 N–H and O–H groups in total. The maximum Gasteiger partial charge on any atom is 0.233 e. The zero-order chi connectivity index (χ0) is 32.9. The Balaban J connectivity index is 0.000000257. The van der Waals surface area contributed by atoms with Crippen LogP contribution in [0.3, 0.4) is 0 Å². The maximum absolute atomic E-state index is 12.9. The van der Waals surface area contributed by atoms with E-state index in [1.807, 2.05) is 72.2 Å². The zero-order valence-electron chi connectivity index (χ0n) is 28.3. The number of aromatic nitrogens is 5. The van der Waals surface area contributed by atoms with Gasteiger partial charge in [0.15, 0.2) is 17.2 Å². The number of ether oxygens (including phenoxy) is 3. The van der Waals surface area contributed by atoms with E-state index < -0.39 is 18.9 Å². The van der Waals surface area contributed by atoms with Gasteiger partial charge in [-0.25, -0.2) is 15.0 Å². The van der Waals surface area contributed by atoms with Crippen molar-refractivity contribution in [1.29, 1.82) is 0 Å². The summed E-state index contributed by atoms with van der Waals surface area (Å²) < 4.78 is 18.5. The van der Waals surface area contributed by atoms with Gasteiger partial charge in [-0.2, -0.15) is 0 Å². The van der Waals surface area contributed by atoms with Gasteiger partial charge in [0.2, 0.25) is 11.8 Å². The summed E-state index contributed by atoms with van der Waals surface area (Å²) in [5.74, 6) is 1.04. The molecular weight excluding hydrogens is 574 g/mol. The summed E-state index contributed by atoms with van der Waals surface area (Å²) in [5, 5.41) is 0. The van der Waals surface area contributed by atoms with E-state index >= 15 is 0 Å². The molecule has 0 aromatic carbocycles. The number of allylic oxidation sites excluding steroid dienone is 2. The van der Waals surface area contributed by atoms with E-state index in [0.717, 1.165) is 11.7 Å². The van der Waals surface area contributed by atoms with Crippen LogP contribution >= 0.6 is 0 Å². The van der Waals surface area contributed by atoms with E-state index in [2.05, 4.69) is 39.6 Å². The predicted molar refractivity (Wildman–Crippen MR) is 176 cm³/mol. The van der Waals surface area contributed by atoms with Gasteiger partial charge in [0, 0.05) is 43.7 Å². The summed E-state index contributed by atoms with van der Waals surface area (Å²) in [5.41, 5.74) is 3.09. The minimum absolute atomic E-state index is 0.0336. The highest BCUT2D eigenvalue weighted by atomic mass is 28.3. The number of Topliss-reactive ketones (excluding diaryl/α,β-unsaturated/α-hetero) is 2. The number of fused-ring (bicyclic) bond motifs is 2. The third-order valence-electron chi connectivity index (χ3n) is 6.79. The molecule has 3 aromatic heterocycles. The summed E-state index contributed by atoms with van der Waals surface area (Å²) in [6.07, 6.45) is 7.60. The van der Waals surface area contributed by atoms with Gasteiger partial charge in [0.1, 0.15) is 12.2 Å². The van der Waals surface area contributed by atoms with Crippen LogP contribution in [0.15, 0.2) is 24.7 Å². The second kappa shape index (κ2) is 14.1. The van der Waals surface area contributed by atoms with E-state index in [9.17, 15) is 9.59 Å². The Hall–Kier alpha value is -3.44. The maximum atomic E-state index is 12.9. The van der Waals surface area contributed by atoms with Crippen LogP contribution < -0.4 is 9.47 Å². The lowest BCUT2D eigenvalue weighted by molar-refractivity contribution is -0.120. The Morgan fingerprint density at radius 2 is 1.48 bits per heavy atom. The molecule has 1 aliphatic rings. The quantitative estimate of drug-likeness (QED) is 0.129. The van der Waals surface area contributed by atoms with Crippen molar-refractivity contribution in [3.05, 3.63) is 41.6 Å². The first-order valence-electron chi connectivity index (χ1n) is 15.3. The van der Waals surface area contributed by atoms with E-state index in [-0.39, 0.29) is 11.6 Å². The topological polar surface area (TPSA) is 118 Å². The molecule has 4 rings (SSSR count). The molecule has 44 heavy (non-hydrogen) atoms. The molecule has 0 unspecified atom stereocenters. The summed E-state index contributed by atoms with van der Waals surface area (Å²) in [4.78, 5) is 42.9. The van der Waals surface area contributed by atoms with Gasteiger partial charge < -0.3 is 18.8 Å². The summed E-state index contributed by atoms with van der Waals surface area (Å²) in [7, 11) is -1.14.